The molecule has 0 radical (unpaired) electrons. The third kappa shape index (κ3) is 9.72. The minimum absolute atomic E-state index is 0.902. The molecule has 1 rings (SSSR count). The third-order valence-corrected chi connectivity index (χ3v) is 17.4. The Labute approximate surface area is 149 Å². The van der Waals surface area contributed by atoms with Gasteiger partial charge in [0.05, 0.1) is 0 Å². The second kappa shape index (κ2) is 8.91. The molecule has 1 unspecified atom stereocenters. The van der Waals surface area contributed by atoms with Gasteiger partial charge < -0.3 is 12.3 Å². The maximum absolute atomic E-state index is 6.71. The van der Waals surface area contributed by atoms with Gasteiger partial charge in [-0.15, -0.1) is 0 Å². The lowest BCUT2D eigenvalue weighted by Gasteiger charge is -2.40. The summed E-state index contributed by atoms with van der Waals surface area (Å²) in [5.74, 6) is 0.902. The number of hydrogen-bond acceptors (Lipinski definition) is 3. The maximum atomic E-state index is 6.71. The van der Waals surface area contributed by atoms with Gasteiger partial charge >= 0.3 is 17.1 Å². The molecule has 0 aromatic carbocycles. The fraction of sp³-hybridized carbons (Fsp3) is 1.00. The molecule has 1 atom stereocenters. The minimum atomic E-state index is -2.11. The van der Waals surface area contributed by atoms with Crippen molar-refractivity contribution in [2.45, 2.75) is 96.9 Å². The minimum Gasteiger partial charge on any atom is -0.439 e. The van der Waals surface area contributed by atoms with Crippen LogP contribution in [0.4, 0.5) is 0 Å². The first-order valence-electron chi connectivity index (χ1n) is 9.49. The van der Waals surface area contributed by atoms with Gasteiger partial charge in [0.1, 0.15) is 0 Å². The first-order valence-corrected chi connectivity index (χ1v) is 21.0. The van der Waals surface area contributed by atoms with E-state index in [1.54, 1.807) is 0 Å². The van der Waals surface area contributed by atoms with Crippen LogP contribution in [0.2, 0.25) is 58.4 Å². The SMILES string of the molecule is C[SiH](C)O[Si](C)(CCC1CCCCC1)O[Si](C)(C)O[Si](C)(C)C. The Morgan fingerprint density at radius 2 is 1.43 bits per heavy atom. The Morgan fingerprint density at radius 3 is 1.91 bits per heavy atom. The van der Waals surface area contributed by atoms with Crippen LogP contribution in [-0.2, 0) is 12.3 Å². The monoisotopic (exact) mass is 392 g/mol. The molecule has 138 valence electrons. The van der Waals surface area contributed by atoms with E-state index in [-0.39, 0.29) is 0 Å². The molecule has 0 aromatic heterocycles. The van der Waals surface area contributed by atoms with E-state index >= 15 is 0 Å². The van der Waals surface area contributed by atoms with Crippen LogP contribution < -0.4 is 0 Å². The molecule has 0 spiro atoms. The van der Waals surface area contributed by atoms with Gasteiger partial charge in [-0.25, -0.2) is 0 Å². The quantitative estimate of drug-likeness (QED) is 0.478. The van der Waals surface area contributed by atoms with Crippen molar-refractivity contribution in [3.63, 3.8) is 0 Å². The second-order valence-corrected chi connectivity index (χ2v) is 23.5. The summed E-state index contributed by atoms with van der Waals surface area (Å²) in [6, 6.07) is 1.15. The molecule has 23 heavy (non-hydrogen) atoms. The zero-order valence-corrected chi connectivity index (χ0v) is 21.0. The third-order valence-electron chi connectivity index (χ3n) is 4.23. The summed E-state index contributed by atoms with van der Waals surface area (Å²) in [6.07, 6.45) is 8.39. The van der Waals surface area contributed by atoms with Crippen LogP contribution in [-0.4, -0.2) is 34.5 Å². The van der Waals surface area contributed by atoms with Crippen molar-refractivity contribution in [3.05, 3.63) is 0 Å². The highest BCUT2D eigenvalue weighted by Crippen LogP contribution is 2.32. The van der Waals surface area contributed by atoms with Crippen LogP contribution in [0.1, 0.15) is 38.5 Å². The highest BCUT2D eigenvalue weighted by Gasteiger charge is 2.42. The summed E-state index contributed by atoms with van der Waals surface area (Å²) in [7, 11) is -6.89. The molecule has 3 nitrogen and oxygen atoms in total. The summed E-state index contributed by atoms with van der Waals surface area (Å²) in [6.45, 7) is 18.0. The Bertz CT molecular complexity index is 352. The molecule has 0 aliphatic heterocycles. The first kappa shape index (κ1) is 21.8. The van der Waals surface area contributed by atoms with Crippen molar-refractivity contribution in [2.75, 3.05) is 0 Å². The van der Waals surface area contributed by atoms with Gasteiger partial charge in [-0.3, -0.25) is 0 Å². The van der Waals surface area contributed by atoms with Crippen LogP contribution >= 0.6 is 0 Å². The van der Waals surface area contributed by atoms with Crippen molar-refractivity contribution < 1.29 is 12.3 Å². The molecule has 0 saturated heterocycles. The van der Waals surface area contributed by atoms with Gasteiger partial charge in [0.15, 0.2) is 17.4 Å². The average Bonchev–Trinajstić information content (AvgIpc) is 2.33. The molecule has 1 fully saturated rings. The van der Waals surface area contributed by atoms with Crippen molar-refractivity contribution in [2.24, 2.45) is 5.92 Å². The van der Waals surface area contributed by atoms with Crippen molar-refractivity contribution in [1.29, 1.82) is 0 Å². The van der Waals surface area contributed by atoms with Crippen LogP contribution in [0.3, 0.4) is 0 Å². The maximum Gasteiger partial charge on any atom is 0.315 e. The zero-order valence-electron chi connectivity index (χ0n) is 16.8. The summed E-state index contributed by atoms with van der Waals surface area (Å²) in [4.78, 5) is 0. The first-order chi connectivity index (χ1) is 10.4. The summed E-state index contributed by atoms with van der Waals surface area (Å²) < 4.78 is 19.6. The smallest absolute Gasteiger partial charge is 0.315 e. The van der Waals surface area contributed by atoms with Crippen molar-refractivity contribution in [3.8, 4) is 0 Å². The van der Waals surface area contributed by atoms with Gasteiger partial charge in [-0.2, -0.15) is 0 Å². The van der Waals surface area contributed by atoms with E-state index < -0.39 is 34.5 Å². The molecule has 0 heterocycles. The second-order valence-electron chi connectivity index (χ2n) is 9.06. The highest BCUT2D eigenvalue weighted by atomic mass is 28.5. The van der Waals surface area contributed by atoms with E-state index in [2.05, 4.69) is 52.4 Å². The van der Waals surface area contributed by atoms with Crippen LogP contribution in [0.15, 0.2) is 0 Å². The molecule has 1 aliphatic carbocycles. The Morgan fingerprint density at radius 1 is 0.870 bits per heavy atom. The Hall–Kier alpha value is 0.748. The molecular formula is C16H40O3Si4. The summed E-state index contributed by atoms with van der Waals surface area (Å²) in [5.41, 5.74) is 0. The molecule has 7 heteroatoms. The molecule has 0 bridgehead atoms. The van der Waals surface area contributed by atoms with E-state index in [4.69, 9.17) is 12.3 Å². The zero-order chi connectivity index (χ0) is 17.7. The van der Waals surface area contributed by atoms with E-state index in [1.165, 1.54) is 38.5 Å². The highest BCUT2D eigenvalue weighted by molar-refractivity contribution is 6.87. The predicted molar refractivity (Wildman–Crippen MR) is 111 cm³/mol. The number of hydrogen-bond donors (Lipinski definition) is 0. The van der Waals surface area contributed by atoms with E-state index in [0.29, 0.717) is 0 Å². The van der Waals surface area contributed by atoms with Crippen molar-refractivity contribution in [1.82, 2.24) is 0 Å². The Kier molecular flexibility index (Phi) is 8.44. The van der Waals surface area contributed by atoms with Crippen LogP contribution in [0, 0.1) is 5.92 Å². The average molecular weight is 393 g/mol. The summed E-state index contributed by atoms with van der Waals surface area (Å²) in [5, 5.41) is 0. The fourth-order valence-electron chi connectivity index (χ4n) is 3.85. The van der Waals surface area contributed by atoms with Gasteiger partial charge in [0, 0.05) is 0 Å². The lowest BCUT2D eigenvalue weighted by Crippen LogP contribution is -2.55. The van der Waals surface area contributed by atoms with Gasteiger partial charge in [0.2, 0.25) is 0 Å². The summed E-state index contributed by atoms with van der Waals surface area (Å²) >= 11 is 0. The topological polar surface area (TPSA) is 27.7 Å². The van der Waals surface area contributed by atoms with Gasteiger partial charge in [0.25, 0.3) is 0 Å². The Balaban J connectivity index is 2.68. The molecule has 1 saturated carbocycles. The number of rotatable bonds is 9. The molecule has 0 aromatic rings. The molecule has 0 N–H and O–H groups in total. The standard InChI is InChI=1S/C16H40O3Si4/c1-20(2)17-23(8,15-14-16-12-10-9-11-13-16)19-22(6,7)18-21(3,4)5/h16,20H,9-15H2,1-8H3. The van der Waals surface area contributed by atoms with E-state index in [0.717, 1.165) is 12.0 Å². The van der Waals surface area contributed by atoms with E-state index in [9.17, 15) is 0 Å². The lowest BCUT2D eigenvalue weighted by molar-refractivity contribution is 0.307. The molecule has 1 aliphatic rings. The largest absolute Gasteiger partial charge is 0.439 e. The predicted octanol–water partition coefficient (Wildman–Crippen LogP) is 5.60. The van der Waals surface area contributed by atoms with Crippen molar-refractivity contribution >= 4 is 34.5 Å². The molecular weight excluding hydrogens is 353 g/mol. The lowest BCUT2D eigenvalue weighted by atomic mass is 9.88. The normalized spacial score (nSPS) is 20.7. The van der Waals surface area contributed by atoms with Crippen LogP contribution in [0.25, 0.3) is 0 Å². The van der Waals surface area contributed by atoms with Crippen LogP contribution in [0.5, 0.6) is 0 Å². The van der Waals surface area contributed by atoms with Gasteiger partial charge in [-0.05, 0) is 70.8 Å². The van der Waals surface area contributed by atoms with E-state index in [1.807, 2.05) is 0 Å². The molecule has 0 amide bonds. The fourth-order valence-corrected chi connectivity index (χ4v) is 20.9. The van der Waals surface area contributed by atoms with Gasteiger partial charge in [-0.1, -0.05) is 32.1 Å².